The lowest BCUT2D eigenvalue weighted by molar-refractivity contribution is 0.214. The predicted molar refractivity (Wildman–Crippen MR) is 45.1 cm³/mol. The van der Waals surface area contributed by atoms with Crippen molar-refractivity contribution in [2.24, 2.45) is 11.1 Å². The fourth-order valence-electron chi connectivity index (χ4n) is 1.55. The van der Waals surface area contributed by atoms with E-state index < -0.39 is 0 Å². The number of hydrogen-bond acceptors (Lipinski definition) is 4. The Balaban J connectivity index is 2.16. The Hall–Kier alpha value is -0.340. The summed E-state index contributed by atoms with van der Waals surface area (Å²) in [5.41, 5.74) is 0. The summed E-state index contributed by atoms with van der Waals surface area (Å²) in [4.78, 5) is 10.1. The molecule has 0 saturated heterocycles. The van der Waals surface area contributed by atoms with Crippen molar-refractivity contribution in [3.05, 3.63) is 4.91 Å². The quantitative estimate of drug-likeness (QED) is 0.504. The third-order valence-electron chi connectivity index (χ3n) is 2.33. The molecule has 0 aromatic carbocycles. The average molecular weight is 189 g/mol. The Labute approximate surface area is 72.9 Å². The number of nitrogens with zero attached hydrogens (tertiary/aromatic N) is 1. The summed E-state index contributed by atoms with van der Waals surface area (Å²) < 4.78 is 14.7. The second-order valence-electron chi connectivity index (χ2n) is 3.15. The molecule has 0 aliphatic heterocycles. The van der Waals surface area contributed by atoms with Crippen LogP contribution < -0.4 is 0 Å². The van der Waals surface area contributed by atoms with Crippen LogP contribution in [0.4, 0.5) is 0 Å². The molecule has 1 saturated carbocycles. The van der Waals surface area contributed by atoms with Crippen molar-refractivity contribution in [3.8, 4) is 0 Å². The van der Waals surface area contributed by atoms with Gasteiger partial charge in [-0.1, -0.05) is 5.18 Å². The van der Waals surface area contributed by atoms with Crippen LogP contribution in [0.5, 0.6) is 0 Å². The molecule has 0 aromatic rings. The van der Waals surface area contributed by atoms with Crippen molar-refractivity contribution in [2.75, 3.05) is 6.61 Å². The SMILES string of the molecule is O=NC1CCC(COP=O)CC1. The molecule has 1 fully saturated rings. The molecule has 0 unspecified atom stereocenters. The van der Waals surface area contributed by atoms with Gasteiger partial charge in [0.2, 0.25) is 0 Å². The maximum Gasteiger partial charge on any atom is 0.327 e. The van der Waals surface area contributed by atoms with Crippen LogP contribution in [0, 0.1) is 10.8 Å². The van der Waals surface area contributed by atoms with Crippen LogP contribution in [0.3, 0.4) is 0 Å². The molecule has 0 amide bonds. The summed E-state index contributed by atoms with van der Waals surface area (Å²) in [6.07, 6.45) is 3.64. The minimum absolute atomic E-state index is 0.00560. The van der Waals surface area contributed by atoms with Gasteiger partial charge in [-0.2, -0.15) is 4.91 Å². The van der Waals surface area contributed by atoms with Gasteiger partial charge in [0.25, 0.3) is 0 Å². The van der Waals surface area contributed by atoms with Crippen molar-refractivity contribution < 1.29 is 9.09 Å². The zero-order chi connectivity index (χ0) is 8.81. The molecule has 1 aliphatic carbocycles. The van der Waals surface area contributed by atoms with Crippen molar-refractivity contribution in [1.82, 2.24) is 0 Å². The van der Waals surface area contributed by atoms with E-state index in [-0.39, 0.29) is 14.7 Å². The van der Waals surface area contributed by atoms with Gasteiger partial charge in [-0.15, -0.1) is 0 Å². The van der Waals surface area contributed by atoms with Gasteiger partial charge in [0.15, 0.2) is 0 Å². The van der Waals surface area contributed by atoms with Gasteiger partial charge in [0, 0.05) is 0 Å². The molecular formula is C7H12NO3P. The van der Waals surface area contributed by atoms with Gasteiger partial charge in [-0.3, -0.25) is 4.52 Å². The van der Waals surface area contributed by atoms with Gasteiger partial charge in [0.05, 0.1) is 12.6 Å². The highest BCUT2D eigenvalue weighted by Gasteiger charge is 2.21. The van der Waals surface area contributed by atoms with Crippen LogP contribution in [-0.2, 0) is 9.09 Å². The maximum absolute atomic E-state index is 10.1. The Morgan fingerprint density at radius 2 is 2.00 bits per heavy atom. The lowest BCUT2D eigenvalue weighted by atomic mass is 9.87. The van der Waals surface area contributed by atoms with Gasteiger partial charge < -0.3 is 0 Å². The van der Waals surface area contributed by atoms with Gasteiger partial charge in [0.1, 0.15) is 0 Å². The van der Waals surface area contributed by atoms with E-state index >= 15 is 0 Å². The molecule has 0 spiro atoms. The van der Waals surface area contributed by atoms with E-state index in [2.05, 4.69) is 5.18 Å². The van der Waals surface area contributed by atoms with Crippen LogP contribution in [-0.4, -0.2) is 12.6 Å². The lowest BCUT2D eigenvalue weighted by Gasteiger charge is -2.22. The van der Waals surface area contributed by atoms with E-state index in [9.17, 15) is 9.47 Å². The predicted octanol–water partition coefficient (Wildman–Crippen LogP) is 2.53. The zero-order valence-electron chi connectivity index (χ0n) is 6.81. The summed E-state index contributed by atoms with van der Waals surface area (Å²) >= 11 is 0. The summed E-state index contributed by atoms with van der Waals surface area (Å²) in [6.45, 7) is 0.538. The minimum Gasteiger partial charge on any atom is -0.294 e. The Bertz CT molecular complexity index is 157. The molecule has 68 valence electrons. The second-order valence-corrected chi connectivity index (χ2v) is 3.56. The summed E-state index contributed by atoms with van der Waals surface area (Å²) in [6, 6.07) is 0.00560. The highest BCUT2D eigenvalue weighted by atomic mass is 31.1. The summed E-state index contributed by atoms with van der Waals surface area (Å²) in [5.74, 6) is 0.462. The largest absolute Gasteiger partial charge is 0.327 e. The van der Waals surface area contributed by atoms with E-state index in [0.29, 0.717) is 12.5 Å². The van der Waals surface area contributed by atoms with Crippen LogP contribution in [0.25, 0.3) is 0 Å². The maximum atomic E-state index is 10.1. The third-order valence-corrected chi connectivity index (χ3v) is 2.58. The molecule has 1 rings (SSSR count). The van der Waals surface area contributed by atoms with Crippen LogP contribution in [0.2, 0.25) is 0 Å². The topological polar surface area (TPSA) is 55.7 Å². The summed E-state index contributed by atoms with van der Waals surface area (Å²) in [5, 5.41) is 3.01. The molecule has 0 atom stereocenters. The standard InChI is InChI=1S/C7H12NO3P/c9-8-7-3-1-6(2-4-7)5-11-12-10/h6-7H,1-5H2. The Morgan fingerprint density at radius 3 is 2.50 bits per heavy atom. The monoisotopic (exact) mass is 189 g/mol. The van der Waals surface area contributed by atoms with Crippen LogP contribution in [0.1, 0.15) is 25.7 Å². The average Bonchev–Trinajstić information content (AvgIpc) is 2.15. The first-order chi connectivity index (χ1) is 5.86. The van der Waals surface area contributed by atoms with E-state index in [4.69, 9.17) is 4.52 Å². The van der Waals surface area contributed by atoms with Crippen LogP contribution in [0.15, 0.2) is 5.18 Å². The normalized spacial score (nSPS) is 30.3. The zero-order valence-corrected chi connectivity index (χ0v) is 7.70. The van der Waals surface area contributed by atoms with Crippen LogP contribution >= 0.6 is 8.69 Å². The molecule has 0 aromatic heterocycles. The van der Waals surface area contributed by atoms with Crippen molar-refractivity contribution in [3.63, 3.8) is 0 Å². The van der Waals surface area contributed by atoms with Gasteiger partial charge in [-0.05, 0) is 31.6 Å². The van der Waals surface area contributed by atoms with E-state index in [1.807, 2.05) is 0 Å². The fourth-order valence-corrected chi connectivity index (χ4v) is 1.82. The Morgan fingerprint density at radius 1 is 1.33 bits per heavy atom. The Kier molecular flexibility index (Phi) is 4.33. The fraction of sp³-hybridized carbons (Fsp3) is 1.00. The highest BCUT2D eigenvalue weighted by Crippen LogP contribution is 2.26. The lowest BCUT2D eigenvalue weighted by Crippen LogP contribution is -2.19. The van der Waals surface area contributed by atoms with Crippen molar-refractivity contribution in [1.29, 1.82) is 0 Å². The minimum atomic E-state index is -0.246. The number of rotatable bonds is 4. The molecule has 0 heterocycles. The van der Waals surface area contributed by atoms with E-state index in [1.54, 1.807) is 0 Å². The third kappa shape index (κ3) is 2.95. The van der Waals surface area contributed by atoms with Crippen molar-refractivity contribution >= 4 is 8.69 Å². The van der Waals surface area contributed by atoms with E-state index in [1.165, 1.54) is 0 Å². The summed E-state index contributed by atoms with van der Waals surface area (Å²) in [7, 11) is -0.246. The number of hydrogen-bond donors (Lipinski definition) is 0. The van der Waals surface area contributed by atoms with Gasteiger partial charge in [-0.25, -0.2) is 4.57 Å². The molecule has 0 bridgehead atoms. The molecule has 1 aliphatic rings. The molecule has 12 heavy (non-hydrogen) atoms. The second kappa shape index (κ2) is 5.33. The first-order valence-corrected chi connectivity index (χ1v) is 4.87. The number of nitroso groups, excluding NO2 is 1. The molecule has 4 nitrogen and oxygen atoms in total. The first-order valence-electron chi connectivity index (χ1n) is 4.14. The molecule has 0 N–H and O–H groups in total. The van der Waals surface area contributed by atoms with Gasteiger partial charge >= 0.3 is 8.69 Å². The molecule has 5 heteroatoms. The first kappa shape index (κ1) is 9.75. The highest BCUT2D eigenvalue weighted by molar-refractivity contribution is 7.17. The smallest absolute Gasteiger partial charge is 0.294 e. The molecular weight excluding hydrogens is 177 g/mol. The van der Waals surface area contributed by atoms with Crippen molar-refractivity contribution in [2.45, 2.75) is 31.7 Å². The molecule has 0 radical (unpaired) electrons. The van der Waals surface area contributed by atoms with E-state index in [0.717, 1.165) is 25.7 Å².